The summed E-state index contributed by atoms with van der Waals surface area (Å²) in [4.78, 5) is 36.3. The third kappa shape index (κ3) is 4.89. The molecule has 2 aromatic rings. The third-order valence-corrected chi connectivity index (χ3v) is 3.92. The van der Waals surface area contributed by atoms with Crippen LogP contribution in [-0.2, 0) is 16.1 Å². The molecule has 2 rings (SSSR count). The number of nitro benzene ring substituents is 1. The van der Waals surface area contributed by atoms with Crippen molar-refractivity contribution in [3.63, 3.8) is 0 Å². The van der Waals surface area contributed by atoms with Crippen molar-refractivity contribution in [3.8, 4) is 0 Å². The zero-order valence-corrected chi connectivity index (χ0v) is 14.7. The number of ether oxygens (including phenoxy) is 1. The van der Waals surface area contributed by atoms with E-state index in [1.807, 2.05) is 37.3 Å². The molecule has 136 valence electrons. The van der Waals surface area contributed by atoms with Gasteiger partial charge >= 0.3 is 5.97 Å². The lowest BCUT2D eigenvalue weighted by atomic mass is 10.1. The number of benzene rings is 2. The van der Waals surface area contributed by atoms with Gasteiger partial charge in [-0.3, -0.25) is 14.9 Å². The number of nitrogens with zero attached hydrogens (tertiary/aromatic N) is 2. The Morgan fingerprint density at radius 2 is 1.85 bits per heavy atom. The molecule has 0 radical (unpaired) electrons. The Balaban J connectivity index is 1.98. The maximum absolute atomic E-state index is 12.3. The van der Waals surface area contributed by atoms with Gasteiger partial charge in [0, 0.05) is 24.7 Å². The number of hydrogen-bond donors (Lipinski definition) is 0. The fourth-order valence-corrected chi connectivity index (χ4v) is 2.42. The topological polar surface area (TPSA) is 89.8 Å². The Morgan fingerprint density at radius 3 is 2.46 bits per heavy atom. The molecule has 0 spiro atoms. The molecule has 0 aromatic heterocycles. The summed E-state index contributed by atoms with van der Waals surface area (Å²) in [5.74, 6) is -1.09. The van der Waals surface area contributed by atoms with Gasteiger partial charge in [-0.25, -0.2) is 4.79 Å². The summed E-state index contributed by atoms with van der Waals surface area (Å²) in [6.45, 7) is 3.90. The maximum atomic E-state index is 12.3. The normalized spacial score (nSPS) is 10.2. The van der Waals surface area contributed by atoms with E-state index in [0.29, 0.717) is 18.7 Å². The zero-order valence-electron chi connectivity index (χ0n) is 14.7. The number of rotatable bonds is 7. The molecular formula is C19H20N2O5. The average molecular weight is 356 g/mol. The highest BCUT2D eigenvalue weighted by atomic mass is 16.6. The van der Waals surface area contributed by atoms with Gasteiger partial charge < -0.3 is 9.64 Å². The van der Waals surface area contributed by atoms with E-state index in [1.165, 1.54) is 12.1 Å². The number of nitro groups is 1. The van der Waals surface area contributed by atoms with E-state index in [9.17, 15) is 19.7 Å². The molecule has 0 unspecified atom stereocenters. The van der Waals surface area contributed by atoms with Crippen molar-refractivity contribution in [1.29, 1.82) is 0 Å². The van der Waals surface area contributed by atoms with Crippen LogP contribution in [0.25, 0.3) is 0 Å². The highest BCUT2D eigenvalue weighted by Gasteiger charge is 2.18. The van der Waals surface area contributed by atoms with Gasteiger partial charge in [0.1, 0.15) is 0 Å². The van der Waals surface area contributed by atoms with E-state index in [0.717, 1.165) is 11.6 Å². The lowest BCUT2D eigenvalue weighted by Gasteiger charge is -2.20. The van der Waals surface area contributed by atoms with Crippen molar-refractivity contribution in [3.05, 3.63) is 75.3 Å². The molecule has 0 saturated carbocycles. The van der Waals surface area contributed by atoms with E-state index < -0.39 is 17.5 Å². The summed E-state index contributed by atoms with van der Waals surface area (Å²) in [6, 6.07) is 13.6. The van der Waals surface area contributed by atoms with Crippen molar-refractivity contribution < 1.29 is 19.2 Å². The largest absolute Gasteiger partial charge is 0.452 e. The molecule has 0 saturated heterocycles. The molecule has 0 aliphatic carbocycles. The van der Waals surface area contributed by atoms with Gasteiger partial charge in [-0.2, -0.15) is 0 Å². The SMILES string of the molecule is CCN(Cc1ccccc1)C(=O)COC(=O)c1ccc(C)c([N+](=O)[O-])c1. The molecule has 0 bridgehead atoms. The summed E-state index contributed by atoms with van der Waals surface area (Å²) in [5.41, 5.74) is 1.30. The Kier molecular flexibility index (Phi) is 6.43. The van der Waals surface area contributed by atoms with Crippen LogP contribution in [-0.4, -0.2) is 34.9 Å². The minimum atomic E-state index is -0.766. The van der Waals surface area contributed by atoms with E-state index in [-0.39, 0.29) is 17.2 Å². The first-order valence-corrected chi connectivity index (χ1v) is 8.16. The minimum absolute atomic E-state index is 0.0428. The second kappa shape index (κ2) is 8.75. The van der Waals surface area contributed by atoms with Gasteiger partial charge in [-0.1, -0.05) is 36.4 Å². The van der Waals surface area contributed by atoms with Crippen molar-refractivity contribution >= 4 is 17.6 Å². The highest BCUT2D eigenvalue weighted by Crippen LogP contribution is 2.19. The molecule has 2 aromatic carbocycles. The Labute approximate surface area is 151 Å². The summed E-state index contributed by atoms with van der Waals surface area (Å²) >= 11 is 0. The van der Waals surface area contributed by atoms with Crippen LogP contribution in [0.4, 0.5) is 5.69 Å². The summed E-state index contributed by atoms with van der Waals surface area (Å²) < 4.78 is 5.03. The van der Waals surface area contributed by atoms with Crippen LogP contribution in [0, 0.1) is 17.0 Å². The van der Waals surface area contributed by atoms with Crippen LogP contribution >= 0.6 is 0 Å². The van der Waals surface area contributed by atoms with Crippen LogP contribution < -0.4 is 0 Å². The molecule has 0 fully saturated rings. The fourth-order valence-electron chi connectivity index (χ4n) is 2.42. The molecule has 7 heteroatoms. The number of amides is 1. The number of hydrogen-bond acceptors (Lipinski definition) is 5. The molecule has 26 heavy (non-hydrogen) atoms. The van der Waals surface area contributed by atoms with Gasteiger partial charge in [0.15, 0.2) is 6.61 Å². The molecule has 0 atom stereocenters. The predicted octanol–water partition coefficient (Wildman–Crippen LogP) is 3.11. The van der Waals surface area contributed by atoms with E-state index in [2.05, 4.69) is 0 Å². The number of carbonyl (C=O) groups excluding carboxylic acids is 2. The second-order valence-corrected chi connectivity index (χ2v) is 5.73. The number of aryl methyl sites for hydroxylation is 1. The van der Waals surface area contributed by atoms with Gasteiger partial charge in [0.2, 0.25) is 0 Å². The quantitative estimate of drug-likeness (QED) is 0.432. The zero-order chi connectivity index (χ0) is 19.1. The molecule has 1 amide bonds. The highest BCUT2D eigenvalue weighted by molar-refractivity contribution is 5.92. The van der Waals surface area contributed by atoms with Crippen LogP contribution in [0.2, 0.25) is 0 Å². The smallest absolute Gasteiger partial charge is 0.338 e. The Bertz CT molecular complexity index is 805. The summed E-state index contributed by atoms with van der Waals surface area (Å²) in [5, 5.41) is 11.0. The van der Waals surface area contributed by atoms with Crippen LogP contribution in [0.1, 0.15) is 28.4 Å². The number of carbonyl (C=O) groups is 2. The molecule has 7 nitrogen and oxygen atoms in total. The lowest BCUT2D eigenvalue weighted by Crippen LogP contribution is -2.34. The van der Waals surface area contributed by atoms with Gasteiger partial charge in [0.05, 0.1) is 10.5 Å². The first-order chi connectivity index (χ1) is 12.4. The number of likely N-dealkylation sites (N-methyl/N-ethyl adjacent to an activating group) is 1. The van der Waals surface area contributed by atoms with Crippen LogP contribution in [0.15, 0.2) is 48.5 Å². The maximum Gasteiger partial charge on any atom is 0.338 e. The predicted molar refractivity (Wildman–Crippen MR) is 95.6 cm³/mol. The molecule has 0 aliphatic heterocycles. The first kappa shape index (κ1) is 19.1. The molecular weight excluding hydrogens is 336 g/mol. The fraction of sp³-hybridized carbons (Fsp3) is 0.263. The van der Waals surface area contributed by atoms with Crippen molar-refractivity contribution in [2.24, 2.45) is 0 Å². The molecule has 0 N–H and O–H groups in total. The van der Waals surface area contributed by atoms with E-state index in [1.54, 1.807) is 11.8 Å². The van der Waals surface area contributed by atoms with Gasteiger partial charge in [-0.15, -0.1) is 0 Å². The van der Waals surface area contributed by atoms with Crippen molar-refractivity contribution in [2.45, 2.75) is 20.4 Å². The second-order valence-electron chi connectivity index (χ2n) is 5.73. The van der Waals surface area contributed by atoms with Gasteiger partial charge in [0.25, 0.3) is 11.6 Å². The average Bonchev–Trinajstić information content (AvgIpc) is 2.64. The molecule has 0 aliphatic rings. The van der Waals surface area contributed by atoms with Crippen molar-refractivity contribution in [2.75, 3.05) is 13.2 Å². The van der Waals surface area contributed by atoms with Crippen LogP contribution in [0.3, 0.4) is 0 Å². The van der Waals surface area contributed by atoms with Crippen molar-refractivity contribution in [1.82, 2.24) is 4.90 Å². The standard InChI is InChI=1S/C19H20N2O5/c1-3-20(12-15-7-5-4-6-8-15)18(22)13-26-19(23)16-10-9-14(2)17(11-16)21(24)25/h4-11H,3,12-13H2,1-2H3. The molecule has 0 heterocycles. The third-order valence-electron chi connectivity index (χ3n) is 3.92. The summed E-state index contributed by atoms with van der Waals surface area (Å²) in [6.07, 6.45) is 0. The van der Waals surface area contributed by atoms with Crippen LogP contribution in [0.5, 0.6) is 0 Å². The first-order valence-electron chi connectivity index (χ1n) is 8.16. The Morgan fingerprint density at radius 1 is 1.15 bits per heavy atom. The van der Waals surface area contributed by atoms with E-state index >= 15 is 0 Å². The summed E-state index contributed by atoms with van der Waals surface area (Å²) in [7, 11) is 0. The number of esters is 1. The van der Waals surface area contributed by atoms with Gasteiger partial charge in [-0.05, 0) is 25.5 Å². The van der Waals surface area contributed by atoms with E-state index in [4.69, 9.17) is 4.74 Å². The minimum Gasteiger partial charge on any atom is -0.452 e. The monoisotopic (exact) mass is 356 g/mol. The Hall–Kier alpha value is -3.22. The lowest BCUT2D eigenvalue weighted by molar-refractivity contribution is -0.385.